The summed E-state index contributed by atoms with van der Waals surface area (Å²) < 4.78 is 11.6. The van der Waals surface area contributed by atoms with Crippen LogP contribution in [0.25, 0.3) is 18.2 Å². The van der Waals surface area contributed by atoms with E-state index in [4.69, 9.17) is 9.47 Å². The third-order valence-corrected chi connectivity index (χ3v) is 6.98. The molecular formula is C31H35N3O2. The zero-order valence-corrected chi connectivity index (χ0v) is 21.3. The van der Waals surface area contributed by atoms with Crippen LogP contribution in [0.3, 0.4) is 0 Å². The maximum atomic E-state index is 6.01. The van der Waals surface area contributed by atoms with E-state index in [-0.39, 0.29) is 0 Å². The summed E-state index contributed by atoms with van der Waals surface area (Å²) in [6.45, 7) is 6.80. The fraction of sp³-hybridized carbons (Fsp3) is 0.323. The van der Waals surface area contributed by atoms with Crippen molar-refractivity contribution in [2.24, 2.45) is 4.99 Å². The number of methoxy groups -OCH3 is 1. The van der Waals surface area contributed by atoms with Crippen LogP contribution in [0.1, 0.15) is 22.3 Å². The Labute approximate surface area is 214 Å². The molecule has 0 aromatic heterocycles. The van der Waals surface area contributed by atoms with Crippen molar-refractivity contribution >= 4 is 23.9 Å². The van der Waals surface area contributed by atoms with Gasteiger partial charge in [-0.15, -0.1) is 0 Å². The van der Waals surface area contributed by atoms with Gasteiger partial charge in [-0.25, -0.2) is 0 Å². The first-order valence-electron chi connectivity index (χ1n) is 12.8. The molecule has 3 aliphatic rings. The van der Waals surface area contributed by atoms with Gasteiger partial charge in [0.25, 0.3) is 0 Å². The Morgan fingerprint density at radius 3 is 2.72 bits per heavy atom. The fourth-order valence-electron chi connectivity index (χ4n) is 4.71. The summed E-state index contributed by atoms with van der Waals surface area (Å²) in [5, 5.41) is 0. The Bertz CT molecular complexity index is 1230. The van der Waals surface area contributed by atoms with Gasteiger partial charge in [-0.2, -0.15) is 0 Å². The highest BCUT2D eigenvalue weighted by molar-refractivity contribution is 6.08. The summed E-state index contributed by atoms with van der Waals surface area (Å²) in [4.78, 5) is 9.49. The van der Waals surface area contributed by atoms with Gasteiger partial charge in [0.1, 0.15) is 18.1 Å². The molecule has 5 heteroatoms. The molecule has 0 atom stereocenters. The lowest BCUT2D eigenvalue weighted by molar-refractivity contribution is 0.133. The first kappa shape index (κ1) is 24.3. The zero-order chi connectivity index (χ0) is 24.7. The van der Waals surface area contributed by atoms with E-state index in [0.717, 1.165) is 61.9 Å². The number of ether oxygens (including phenoxy) is 2. The number of rotatable bonds is 9. The third kappa shape index (κ3) is 6.23. The number of piperazine rings is 1. The molecule has 1 aliphatic carbocycles. The van der Waals surface area contributed by atoms with Crippen LogP contribution in [-0.4, -0.2) is 75.5 Å². The highest BCUT2D eigenvalue weighted by Gasteiger charge is 2.13. The van der Waals surface area contributed by atoms with Gasteiger partial charge in [0.15, 0.2) is 0 Å². The van der Waals surface area contributed by atoms with Crippen molar-refractivity contribution in [3.8, 4) is 11.5 Å². The van der Waals surface area contributed by atoms with Crippen LogP contribution >= 0.6 is 0 Å². The van der Waals surface area contributed by atoms with E-state index in [1.807, 2.05) is 24.3 Å². The Morgan fingerprint density at radius 1 is 0.972 bits per heavy atom. The number of aliphatic imine (C=N–C) groups is 1. The number of allylic oxidation sites excluding steroid dienone is 3. The third-order valence-electron chi connectivity index (χ3n) is 6.98. The molecule has 1 saturated heterocycles. The van der Waals surface area contributed by atoms with Gasteiger partial charge in [-0.3, -0.25) is 9.89 Å². The molecule has 5 rings (SSSR count). The predicted molar refractivity (Wildman–Crippen MR) is 150 cm³/mol. The molecule has 36 heavy (non-hydrogen) atoms. The molecule has 0 N–H and O–H groups in total. The normalized spacial score (nSPS) is 18.2. The number of hydrogen-bond acceptors (Lipinski definition) is 5. The summed E-state index contributed by atoms with van der Waals surface area (Å²) in [6.07, 6.45) is 16.0. The minimum Gasteiger partial charge on any atom is -0.496 e. The van der Waals surface area contributed by atoms with E-state index in [0.29, 0.717) is 13.2 Å². The first-order valence-corrected chi connectivity index (χ1v) is 12.8. The second-order valence-electron chi connectivity index (χ2n) is 9.59. The predicted octanol–water partition coefficient (Wildman–Crippen LogP) is 5.00. The molecule has 2 aromatic rings. The SMILES string of the molecule is COc1cc(OCCN2CCN(C)CC2)ccc1/C=C/C1=NCC(/C=C/c2ccc3c(c2)CC=C3)=C1. The quantitative estimate of drug-likeness (QED) is 0.505. The van der Waals surface area contributed by atoms with E-state index >= 15 is 0 Å². The summed E-state index contributed by atoms with van der Waals surface area (Å²) in [7, 11) is 3.88. The van der Waals surface area contributed by atoms with E-state index in [2.05, 4.69) is 76.5 Å². The van der Waals surface area contributed by atoms with Gasteiger partial charge < -0.3 is 14.4 Å². The fourth-order valence-corrected chi connectivity index (χ4v) is 4.71. The van der Waals surface area contributed by atoms with Crippen molar-refractivity contribution in [2.45, 2.75) is 6.42 Å². The average Bonchev–Trinajstić information content (AvgIpc) is 3.57. The van der Waals surface area contributed by atoms with Crippen LogP contribution in [0.2, 0.25) is 0 Å². The van der Waals surface area contributed by atoms with Crippen LogP contribution in [0, 0.1) is 0 Å². The maximum Gasteiger partial charge on any atom is 0.129 e. The molecular weight excluding hydrogens is 446 g/mol. The lowest BCUT2D eigenvalue weighted by atomic mass is 10.0. The molecule has 2 aliphatic heterocycles. The molecule has 2 heterocycles. The average molecular weight is 482 g/mol. The molecule has 5 nitrogen and oxygen atoms in total. The Hall–Kier alpha value is -3.41. The van der Waals surface area contributed by atoms with E-state index in [9.17, 15) is 0 Å². The van der Waals surface area contributed by atoms with Crippen molar-refractivity contribution < 1.29 is 9.47 Å². The van der Waals surface area contributed by atoms with Gasteiger partial charge in [0.05, 0.1) is 19.4 Å². The van der Waals surface area contributed by atoms with Gasteiger partial charge in [0.2, 0.25) is 0 Å². The molecule has 2 aromatic carbocycles. The van der Waals surface area contributed by atoms with E-state index in [1.54, 1.807) is 7.11 Å². The summed E-state index contributed by atoms with van der Waals surface area (Å²) >= 11 is 0. The van der Waals surface area contributed by atoms with Crippen LogP contribution in [0.5, 0.6) is 11.5 Å². The Morgan fingerprint density at radius 2 is 1.86 bits per heavy atom. The minimum atomic E-state index is 0.683. The molecule has 186 valence electrons. The number of nitrogens with zero attached hydrogens (tertiary/aromatic N) is 3. The number of fused-ring (bicyclic) bond motifs is 1. The van der Waals surface area contributed by atoms with E-state index < -0.39 is 0 Å². The molecule has 0 unspecified atom stereocenters. The molecule has 0 saturated carbocycles. The second kappa shape index (κ2) is 11.5. The Kier molecular flexibility index (Phi) is 7.79. The summed E-state index contributed by atoms with van der Waals surface area (Å²) in [5.41, 5.74) is 7.17. The van der Waals surface area contributed by atoms with Crippen molar-refractivity contribution in [1.82, 2.24) is 9.80 Å². The lowest BCUT2D eigenvalue weighted by Crippen LogP contribution is -2.45. The highest BCUT2D eigenvalue weighted by atomic mass is 16.5. The number of likely N-dealkylation sites (N-methyl/N-ethyl adjacent to an activating group) is 1. The smallest absolute Gasteiger partial charge is 0.129 e. The zero-order valence-electron chi connectivity index (χ0n) is 21.3. The summed E-state index contributed by atoms with van der Waals surface area (Å²) in [5.74, 6) is 1.64. The van der Waals surface area contributed by atoms with Crippen LogP contribution in [0.4, 0.5) is 0 Å². The van der Waals surface area contributed by atoms with Crippen molar-refractivity contribution in [3.05, 3.63) is 88.5 Å². The minimum absolute atomic E-state index is 0.683. The standard InChI is InChI=1S/C31H35N3O2/c1-33-14-16-34(17-15-33)18-19-36-30-13-11-27(31(22-30)35-2)10-12-29-21-25(23-32-29)7-6-24-8-9-26-4-3-5-28(26)20-24/h3-4,6-13,20-22H,5,14-19,23H2,1-2H3/b7-6+,12-10+. The Balaban J connectivity index is 1.14. The van der Waals surface area contributed by atoms with Crippen LogP contribution < -0.4 is 9.47 Å². The van der Waals surface area contributed by atoms with Gasteiger partial charge in [-0.05, 0) is 66.1 Å². The van der Waals surface area contributed by atoms with Crippen molar-refractivity contribution in [1.29, 1.82) is 0 Å². The molecule has 0 bridgehead atoms. The van der Waals surface area contributed by atoms with E-state index in [1.165, 1.54) is 22.3 Å². The number of benzene rings is 2. The molecule has 0 spiro atoms. The first-order chi connectivity index (χ1) is 17.7. The van der Waals surface area contributed by atoms with Crippen LogP contribution in [0.15, 0.2) is 71.3 Å². The second-order valence-corrected chi connectivity index (χ2v) is 9.59. The van der Waals surface area contributed by atoms with Crippen molar-refractivity contribution in [2.75, 3.05) is 60.0 Å². The largest absolute Gasteiger partial charge is 0.496 e. The molecule has 1 fully saturated rings. The lowest BCUT2D eigenvalue weighted by Gasteiger charge is -2.32. The molecule has 0 amide bonds. The monoisotopic (exact) mass is 481 g/mol. The molecule has 0 radical (unpaired) electrons. The topological polar surface area (TPSA) is 37.3 Å². The number of hydrogen-bond donors (Lipinski definition) is 0. The highest BCUT2D eigenvalue weighted by Crippen LogP contribution is 2.26. The van der Waals surface area contributed by atoms with Gasteiger partial charge >= 0.3 is 0 Å². The summed E-state index contributed by atoms with van der Waals surface area (Å²) in [6, 6.07) is 12.7. The van der Waals surface area contributed by atoms with Crippen LogP contribution in [-0.2, 0) is 6.42 Å². The van der Waals surface area contributed by atoms with Gasteiger partial charge in [0, 0.05) is 44.4 Å². The van der Waals surface area contributed by atoms with Gasteiger partial charge in [-0.1, -0.05) is 42.5 Å². The van der Waals surface area contributed by atoms with Crippen molar-refractivity contribution in [3.63, 3.8) is 0 Å². The maximum absolute atomic E-state index is 6.01.